The summed E-state index contributed by atoms with van der Waals surface area (Å²) in [6.45, 7) is 4.45. The third-order valence-corrected chi connectivity index (χ3v) is 3.79. The van der Waals surface area contributed by atoms with Gasteiger partial charge in [-0.1, -0.05) is 30.3 Å². The van der Waals surface area contributed by atoms with Crippen molar-refractivity contribution in [3.63, 3.8) is 0 Å². The van der Waals surface area contributed by atoms with Crippen LogP contribution in [-0.2, 0) is 9.53 Å². The zero-order valence-electron chi connectivity index (χ0n) is 12.1. The molecule has 1 atom stereocenters. The van der Waals surface area contributed by atoms with Gasteiger partial charge in [0.1, 0.15) is 6.04 Å². The van der Waals surface area contributed by atoms with Crippen molar-refractivity contribution < 1.29 is 9.53 Å². The molecule has 0 saturated carbocycles. The van der Waals surface area contributed by atoms with Gasteiger partial charge < -0.3 is 9.64 Å². The lowest BCUT2D eigenvalue weighted by atomic mass is 10.1. The lowest BCUT2D eigenvalue weighted by molar-refractivity contribution is -0.138. The number of nitrogens with zero attached hydrogens (tertiary/aromatic N) is 3. The van der Waals surface area contributed by atoms with Crippen molar-refractivity contribution in [2.75, 3.05) is 26.3 Å². The van der Waals surface area contributed by atoms with Crippen molar-refractivity contribution in [1.29, 1.82) is 0 Å². The van der Waals surface area contributed by atoms with E-state index in [0.29, 0.717) is 26.3 Å². The molecule has 1 aliphatic rings. The quantitative estimate of drug-likeness (QED) is 0.866. The highest BCUT2D eigenvalue weighted by molar-refractivity contribution is 5.80. The van der Waals surface area contributed by atoms with Crippen LogP contribution in [0.2, 0.25) is 0 Å². The average molecular weight is 285 g/mol. The number of amides is 1. The van der Waals surface area contributed by atoms with E-state index in [4.69, 9.17) is 4.74 Å². The number of morpholine rings is 1. The Kier molecular flexibility index (Phi) is 4.01. The van der Waals surface area contributed by atoms with Crippen molar-refractivity contribution in [3.05, 3.63) is 42.7 Å². The highest BCUT2D eigenvalue weighted by Gasteiger charge is 2.24. The Hall–Kier alpha value is -2.14. The molecule has 5 heteroatoms. The summed E-state index contributed by atoms with van der Waals surface area (Å²) < 4.78 is 7.02. The highest BCUT2D eigenvalue weighted by atomic mass is 16.5. The summed E-state index contributed by atoms with van der Waals surface area (Å²) in [5.74, 6) is 0.0982. The zero-order valence-corrected chi connectivity index (χ0v) is 12.1. The summed E-state index contributed by atoms with van der Waals surface area (Å²) in [6, 6.07) is 9.76. The highest BCUT2D eigenvalue weighted by Crippen LogP contribution is 2.20. The number of aromatic nitrogens is 2. The molecule has 0 unspecified atom stereocenters. The van der Waals surface area contributed by atoms with Crippen LogP contribution in [0.5, 0.6) is 0 Å². The number of ether oxygens (including phenoxy) is 1. The smallest absolute Gasteiger partial charge is 0.247 e. The summed E-state index contributed by atoms with van der Waals surface area (Å²) in [6.07, 6.45) is 3.73. The normalized spacial score (nSPS) is 16.7. The minimum absolute atomic E-state index is 0.0982. The molecule has 0 N–H and O–H groups in total. The zero-order chi connectivity index (χ0) is 14.7. The first-order valence-corrected chi connectivity index (χ1v) is 7.22. The van der Waals surface area contributed by atoms with Crippen LogP contribution in [0, 0.1) is 0 Å². The molecule has 0 bridgehead atoms. The van der Waals surface area contributed by atoms with Gasteiger partial charge >= 0.3 is 0 Å². The van der Waals surface area contributed by atoms with E-state index in [1.165, 1.54) is 0 Å². The van der Waals surface area contributed by atoms with E-state index in [0.717, 1.165) is 11.1 Å². The molecule has 1 fully saturated rings. The van der Waals surface area contributed by atoms with Crippen LogP contribution in [0.3, 0.4) is 0 Å². The van der Waals surface area contributed by atoms with Gasteiger partial charge in [0.15, 0.2) is 0 Å². The van der Waals surface area contributed by atoms with Gasteiger partial charge in [0, 0.05) is 24.8 Å². The molecule has 21 heavy (non-hydrogen) atoms. The fourth-order valence-electron chi connectivity index (χ4n) is 2.49. The Labute approximate surface area is 124 Å². The lowest BCUT2D eigenvalue weighted by Gasteiger charge is -2.29. The largest absolute Gasteiger partial charge is 0.378 e. The van der Waals surface area contributed by atoms with E-state index in [9.17, 15) is 4.79 Å². The average Bonchev–Trinajstić information content (AvgIpc) is 3.05. The number of hydrogen-bond donors (Lipinski definition) is 0. The third-order valence-electron chi connectivity index (χ3n) is 3.79. The van der Waals surface area contributed by atoms with E-state index in [1.54, 1.807) is 10.9 Å². The molecule has 5 nitrogen and oxygen atoms in total. The van der Waals surface area contributed by atoms with E-state index in [2.05, 4.69) is 5.10 Å². The summed E-state index contributed by atoms with van der Waals surface area (Å²) in [5.41, 5.74) is 2.13. The SMILES string of the molecule is C[C@@H](C(=O)N1CCOCC1)n1cc(-c2ccccc2)cn1. The Morgan fingerprint density at radius 1 is 1.19 bits per heavy atom. The minimum Gasteiger partial charge on any atom is -0.378 e. The maximum Gasteiger partial charge on any atom is 0.247 e. The fourth-order valence-corrected chi connectivity index (χ4v) is 2.49. The van der Waals surface area contributed by atoms with Crippen molar-refractivity contribution >= 4 is 5.91 Å². The van der Waals surface area contributed by atoms with Crippen LogP contribution < -0.4 is 0 Å². The maximum absolute atomic E-state index is 12.5. The maximum atomic E-state index is 12.5. The first kappa shape index (κ1) is 13.8. The van der Waals surface area contributed by atoms with Crippen LogP contribution in [-0.4, -0.2) is 46.9 Å². The fraction of sp³-hybridized carbons (Fsp3) is 0.375. The first-order chi connectivity index (χ1) is 10.3. The van der Waals surface area contributed by atoms with Crippen molar-refractivity contribution in [3.8, 4) is 11.1 Å². The summed E-state index contributed by atoms with van der Waals surface area (Å²) >= 11 is 0. The first-order valence-electron chi connectivity index (χ1n) is 7.22. The molecule has 1 amide bonds. The van der Waals surface area contributed by atoms with Gasteiger partial charge in [-0.3, -0.25) is 9.48 Å². The van der Waals surface area contributed by atoms with E-state index >= 15 is 0 Å². The van der Waals surface area contributed by atoms with Crippen molar-refractivity contribution in [1.82, 2.24) is 14.7 Å². The van der Waals surface area contributed by atoms with Gasteiger partial charge in [0.2, 0.25) is 5.91 Å². The Morgan fingerprint density at radius 3 is 2.62 bits per heavy atom. The monoisotopic (exact) mass is 285 g/mol. The Balaban J connectivity index is 1.74. The topological polar surface area (TPSA) is 47.4 Å². The standard InChI is InChI=1S/C16H19N3O2/c1-13(16(20)18-7-9-21-10-8-18)19-12-15(11-17-19)14-5-3-2-4-6-14/h2-6,11-13H,7-10H2,1H3/t13-/m0/s1. The molecule has 1 aromatic heterocycles. The molecule has 1 saturated heterocycles. The molecular weight excluding hydrogens is 266 g/mol. The second-order valence-corrected chi connectivity index (χ2v) is 5.19. The van der Waals surface area contributed by atoms with Crippen LogP contribution in [0.15, 0.2) is 42.7 Å². The van der Waals surface area contributed by atoms with Crippen LogP contribution in [0.4, 0.5) is 0 Å². The number of carbonyl (C=O) groups is 1. The van der Waals surface area contributed by atoms with E-state index < -0.39 is 0 Å². The van der Waals surface area contributed by atoms with Gasteiger partial charge in [0.05, 0.1) is 19.4 Å². The minimum atomic E-state index is -0.291. The van der Waals surface area contributed by atoms with Gasteiger partial charge in [-0.2, -0.15) is 5.10 Å². The second kappa shape index (κ2) is 6.10. The summed E-state index contributed by atoms with van der Waals surface area (Å²) in [5, 5.41) is 4.35. The lowest BCUT2D eigenvalue weighted by Crippen LogP contribution is -2.43. The number of carbonyl (C=O) groups excluding carboxylic acids is 1. The second-order valence-electron chi connectivity index (χ2n) is 5.19. The molecule has 0 spiro atoms. The molecule has 0 aliphatic carbocycles. The molecule has 110 valence electrons. The number of benzene rings is 1. The van der Waals surface area contributed by atoms with Gasteiger partial charge in [-0.05, 0) is 12.5 Å². The predicted octanol–water partition coefficient (Wildman–Crippen LogP) is 1.97. The van der Waals surface area contributed by atoms with E-state index in [1.807, 2.05) is 48.4 Å². The van der Waals surface area contributed by atoms with Crippen molar-refractivity contribution in [2.45, 2.75) is 13.0 Å². The predicted molar refractivity (Wildman–Crippen MR) is 79.8 cm³/mol. The number of rotatable bonds is 3. The summed E-state index contributed by atoms with van der Waals surface area (Å²) in [4.78, 5) is 14.3. The van der Waals surface area contributed by atoms with Crippen LogP contribution in [0.1, 0.15) is 13.0 Å². The molecular formula is C16H19N3O2. The number of hydrogen-bond acceptors (Lipinski definition) is 3. The van der Waals surface area contributed by atoms with E-state index in [-0.39, 0.29) is 11.9 Å². The molecule has 1 aliphatic heterocycles. The molecule has 3 rings (SSSR count). The molecule has 2 heterocycles. The van der Waals surface area contributed by atoms with Gasteiger partial charge in [0.25, 0.3) is 0 Å². The van der Waals surface area contributed by atoms with Crippen LogP contribution >= 0.6 is 0 Å². The molecule has 1 aromatic carbocycles. The summed E-state index contributed by atoms with van der Waals surface area (Å²) in [7, 11) is 0. The Morgan fingerprint density at radius 2 is 1.90 bits per heavy atom. The van der Waals surface area contributed by atoms with Crippen LogP contribution in [0.25, 0.3) is 11.1 Å². The van der Waals surface area contributed by atoms with Gasteiger partial charge in [-0.25, -0.2) is 0 Å². The third kappa shape index (κ3) is 2.97. The molecule has 2 aromatic rings. The molecule has 0 radical (unpaired) electrons. The Bertz CT molecular complexity index is 603. The van der Waals surface area contributed by atoms with Crippen molar-refractivity contribution in [2.24, 2.45) is 0 Å². The van der Waals surface area contributed by atoms with Gasteiger partial charge in [-0.15, -0.1) is 0 Å².